The quantitative estimate of drug-likeness (QED) is 0.771. The lowest BCUT2D eigenvalue weighted by molar-refractivity contribution is 0.582. The second-order valence-corrected chi connectivity index (χ2v) is 8.76. The van der Waals surface area contributed by atoms with Crippen LogP contribution in [0.15, 0.2) is 34.3 Å². The Labute approximate surface area is 126 Å². The molecule has 114 valence electrons. The predicted octanol–water partition coefficient (Wildman–Crippen LogP) is 1.30. The first-order valence-electron chi connectivity index (χ1n) is 5.83. The lowest BCUT2D eigenvalue weighted by Crippen LogP contribution is -2.06. The Bertz CT molecular complexity index is 871. The van der Waals surface area contributed by atoms with E-state index in [1.165, 1.54) is 28.8 Å². The van der Waals surface area contributed by atoms with E-state index in [0.29, 0.717) is 17.9 Å². The highest BCUT2D eigenvalue weighted by atomic mass is 35.7. The van der Waals surface area contributed by atoms with Crippen LogP contribution in [-0.4, -0.2) is 37.9 Å². The van der Waals surface area contributed by atoms with Crippen LogP contribution in [0.2, 0.25) is 0 Å². The second-order valence-electron chi connectivity index (χ2n) is 4.28. The van der Waals surface area contributed by atoms with Gasteiger partial charge in [0.25, 0.3) is 14.2 Å². The number of halogens is 1. The van der Waals surface area contributed by atoms with Crippen molar-refractivity contribution in [3.05, 3.63) is 24.3 Å². The van der Waals surface area contributed by atoms with Crippen molar-refractivity contribution in [2.24, 2.45) is 0 Å². The van der Waals surface area contributed by atoms with Crippen molar-refractivity contribution in [2.45, 2.75) is 23.5 Å². The van der Waals surface area contributed by atoms with Gasteiger partial charge in [-0.15, -0.1) is 10.2 Å². The molecule has 0 saturated heterocycles. The molecule has 0 amide bonds. The Kier molecular flexibility index (Phi) is 4.09. The summed E-state index contributed by atoms with van der Waals surface area (Å²) in [4.78, 5) is 0.166. The van der Waals surface area contributed by atoms with Gasteiger partial charge in [0.1, 0.15) is 0 Å². The third-order valence-electron chi connectivity index (χ3n) is 2.79. The van der Waals surface area contributed by atoms with Gasteiger partial charge in [0.05, 0.1) is 4.90 Å². The van der Waals surface area contributed by atoms with Gasteiger partial charge < -0.3 is 0 Å². The number of benzene rings is 1. The molecular formula is C11H12ClN3O4S2. The highest BCUT2D eigenvalue weighted by molar-refractivity contribution is 8.13. The van der Waals surface area contributed by atoms with Crippen molar-refractivity contribution in [3.63, 3.8) is 0 Å². The van der Waals surface area contributed by atoms with E-state index in [2.05, 4.69) is 10.2 Å². The zero-order chi connectivity index (χ0) is 15.8. The minimum absolute atomic E-state index is 0.166. The van der Waals surface area contributed by atoms with Gasteiger partial charge in [0.15, 0.2) is 15.7 Å². The van der Waals surface area contributed by atoms with Crippen LogP contribution in [0.1, 0.15) is 6.92 Å². The number of aromatic nitrogens is 3. The summed E-state index contributed by atoms with van der Waals surface area (Å²) >= 11 is 0. The maximum Gasteiger partial charge on any atom is 0.296 e. The molecule has 2 rings (SSSR count). The summed E-state index contributed by atoms with van der Waals surface area (Å²) in [7, 11) is -2.00. The Balaban J connectivity index is 2.56. The van der Waals surface area contributed by atoms with Crippen LogP contribution in [0.25, 0.3) is 11.4 Å². The fourth-order valence-corrected chi connectivity index (χ4v) is 3.41. The first-order chi connectivity index (χ1) is 9.64. The summed E-state index contributed by atoms with van der Waals surface area (Å²) in [5.41, 5.74) is 0.545. The number of rotatable bonds is 4. The van der Waals surface area contributed by atoms with Crippen LogP contribution in [-0.2, 0) is 25.4 Å². The third kappa shape index (κ3) is 3.25. The van der Waals surface area contributed by atoms with E-state index in [9.17, 15) is 16.8 Å². The van der Waals surface area contributed by atoms with Crippen molar-refractivity contribution in [1.82, 2.24) is 14.8 Å². The largest absolute Gasteiger partial charge is 0.297 e. The van der Waals surface area contributed by atoms with Gasteiger partial charge in [-0.3, -0.25) is 4.57 Å². The number of sulfone groups is 1. The molecule has 0 atom stereocenters. The summed E-state index contributed by atoms with van der Waals surface area (Å²) in [5, 5.41) is 7.06. The molecule has 2 aromatic rings. The van der Waals surface area contributed by atoms with Crippen molar-refractivity contribution < 1.29 is 16.8 Å². The fourth-order valence-electron chi connectivity index (χ4n) is 1.82. The minimum Gasteiger partial charge on any atom is -0.297 e. The molecule has 7 nitrogen and oxygen atoms in total. The standard InChI is InChI=1S/C11H12ClN3O4S2/c1-3-15-10(13-14-11(15)21(12,18)19)8-4-6-9(7-5-8)20(2,16)17/h4-7H,3H2,1-2H3. The second kappa shape index (κ2) is 5.39. The molecule has 0 radical (unpaired) electrons. The van der Waals surface area contributed by atoms with Gasteiger partial charge in [-0.05, 0) is 31.2 Å². The highest BCUT2D eigenvalue weighted by Gasteiger charge is 2.22. The Morgan fingerprint density at radius 3 is 2.10 bits per heavy atom. The summed E-state index contributed by atoms with van der Waals surface area (Å²) in [6, 6.07) is 5.93. The van der Waals surface area contributed by atoms with E-state index in [1.807, 2.05) is 0 Å². The van der Waals surface area contributed by atoms with Crippen LogP contribution in [0.4, 0.5) is 0 Å². The Morgan fingerprint density at radius 2 is 1.67 bits per heavy atom. The van der Waals surface area contributed by atoms with Crippen LogP contribution in [0.5, 0.6) is 0 Å². The molecule has 0 N–H and O–H groups in total. The molecule has 0 aliphatic heterocycles. The monoisotopic (exact) mass is 349 g/mol. The van der Waals surface area contributed by atoms with Crippen LogP contribution < -0.4 is 0 Å². The van der Waals surface area contributed by atoms with E-state index < -0.39 is 18.9 Å². The lowest BCUT2D eigenvalue weighted by atomic mass is 10.2. The van der Waals surface area contributed by atoms with Gasteiger partial charge >= 0.3 is 0 Å². The van der Waals surface area contributed by atoms with Crippen molar-refractivity contribution in [1.29, 1.82) is 0 Å². The molecule has 0 unspecified atom stereocenters. The molecule has 0 aliphatic carbocycles. The first-order valence-corrected chi connectivity index (χ1v) is 10.0. The zero-order valence-corrected chi connectivity index (χ0v) is 13.6. The SMILES string of the molecule is CCn1c(-c2ccc(S(C)(=O)=O)cc2)nnc1S(=O)(=O)Cl. The average Bonchev–Trinajstić information content (AvgIpc) is 2.81. The topological polar surface area (TPSA) is 99.0 Å². The molecule has 0 spiro atoms. The Hall–Kier alpha value is -1.45. The first kappa shape index (κ1) is 15.9. The van der Waals surface area contributed by atoms with Gasteiger partial charge in [-0.2, -0.15) is 0 Å². The highest BCUT2D eigenvalue weighted by Crippen LogP contribution is 2.23. The number of hydrogen-bond donors (Lipinski definition) is 0. The third-order valence-corrected chi connectivity index (χ3v) is 5.07. The lowest BCUT2D eigenvalue weighted by Gasteiger charge is -2.06. The van der Waals surface area contributed by atoms with Crippen LogP contribution >= 0.6 is 10.7 Å². The Morgan fingerprint density at radius 1 is 1.10 bits per heavy atom. The van der Waals surface area contributed by atoms with E-state index in [-0.39, 0.29) is 10.1 Å². The molecule has 10 heteroatoms. The van der Waals surface area contributed by atoms with Gasteiger partial charge in [-0.25, -0.2) is 16.8 Å². The summed E-state index contributed by atoms with van der Waals surface area (Å²) in [6.45, 7) is 2.03. The van der Waals surface area contributed by atoms with Crippen LogP contribution in [0, 0.1) is 0 Å². The molecule has 0 fully saturated rings. The van der Waals surface area contributed by atoms with Crippen molar-refractivity contribution in [3.8, 4) is 11.4 Å². The number of nitrogens with zero attached hydrogens (tertiary/aromatic N) is 3. The molecule has 0 aliphatic rings. The minimum atomic E-state index is -4.00. The van der Waals surface area contributed by atoms with Gasteiger partial charge in [0.2, 0.25) is 0 Å². The van der Waals surface area contributed by atoms with Crippen molar-refractivity contribution in [2.75, 3.05) is 6.26 Å². The predicted molar refractivity (Wildman–Crippen MR) is 77.3 cm³/mol. The van der Waals surface area contributed by atoms with E-state index in [1.54, 1.807) is 6.92 Å². The van der Waals surface area contributed by atoms with Crippen molar-refractivity contribution >= 4 is 29.6 Å². The molecule has 21 heavy (non-hydrogen) atoms. The summed E-state index contributed by atoms with van der Waals surface area (Å²) in [5.74, 6) is 0.303. The molecule has 1 heterocycles. The normalized spacial score (nSPS) is 12.5. The zero-order valence-electron chi connectivity index (χ0n) is 11.2. The maximum absolute atomic E-state index is 11.4. The molecule has 0 bridgehead atoms. The summed E-state index contributed by atoms with van der Waals surface area (Å²) < 4.78 is 47.0. The maximum atomic E-state index is 11.4. The number of hydrogen-bond acceptors (Lipinski definition) is 6. The molecule has 1 aromatic heterocycles. The van der Waals surface area contributed by atoms with E-state index >= 15 is 0 Å². The van der Waals surface area contributed by atoms with E-state index in [0.717, 1.165) is 6.26 Å². The molecule has 1 aromatic carbocycles. The van der Waals surface area contributed by atoms with Crippen LogP contribution in [0.3, 0.4) is 0 Å². The van der Waals surface area contributed by atoms with Gasteiger partial charge in [0, 0.05) is 29.0 Å². The smallest absolute Gasteiger partial charge is 0.296 e. The van der Waals surface area contributed by atoms with Gasteiger partial charge in [-0.1, -0.05) is 0 Å². The summed E-state index contributed by atoms with van der Waals surface area (Å²) in [6.07, 6.45) is 1.11. The van der Waals surface area contributed by atoms with E-state index in [4.69, 9.17) is 10.7 Å². The molecule has 0 saturated carbocycles. The average molecular weight is 350 g/mol. The molecular weight excluding hydrogens is 338 g/mol. The fraction of sp³-hybridized carbons (Fsp3) is 0.273.